The lowest BCUT2D eigenvalue weighted by Crippen LogP contribution is -2.32. The van der Waals surface area contributed by atoms with E-state index in [9.17, 15) is 0 Å². The van der Waals surface area contributed by atoms with E-state index in [-0.39, 0.29) is 0 Å². The van der Waals surface area contributed by atoms with E-state index in [1.54, 1.807) is 19.2 Å². The van der Waals surface area contributed by atoms with Crippen molar-refractivity contribution in [2.45, 2.75) is 26.3 Å². The molecule has 1 unspecified atom stereocenters. The number of likely N-dealkylation sites (N-methyl/N-ethyl adjacent to an activating group) is 1. The standard InChI is InChI=1S/C15H20ClN3O2/c1-9(2)12(17-3)8-14-18-15(19-21-14)11-6-5-10(16)7-13(11)20-4/h5-7,9,12,17H,8H2,1-4H3. The Balaban J connectivity index is 2.24. The molecule has 2 rings (SSSR count). The second-order valence-corrected chi connectivity index (χ2v) is 5.64. The summed E-state index contributed by atoms with van der Waals surface area (Å²) < 4.78 is 10.7. The molecule has 0 aliphatic heterocycles. The van der Waals surface area contributed by atoms with E-state index in [0.29, 0.717) is 40.9 Å². The van der Waals surface area contributed by atoms with Gasteiger partial charge in [0, 0.05) is 17.5 Å². The quantitative estimate of drug-likeness (QED) is 0.888. The number of benzene rings is 1. The van der Waals surface area contributed by atoms with Gasteiger partial charge in [-0.1, -0.05) is 30.6 Å². The van der Waals surface area contributed by atoms with Crippen LogP contribution in [-0.4, -0.2) is 30.3 Å². The number of ether oxygens (including phenoxy) is 1. The second kappa shape index (κ2) is 6.91. The summed E-state index contributed by atoms with van der Waals surface area (Å²) in [7, 11) is 3.52. The van der Waals surface area contributed by atoms with Crippen LogP contribution in [0.2, 0.25) is 5.02 Å². The minimum Gasteiger partial charge on any atom is -0.496 e. The molecule has 1 aromatic carbocycles. The van der Waals surface area contributed by atoms with Crippen molar-refractivity contribution in [3.05, 3.63) is 29.1 Å². The molecule has 0 radical (unpaired) electrons. The Hall–Kier alpha value is -1.59. The molecule has 21 heavy (non-hydrogen) atoms. The molecule has 0 spiro atoms. The Bertz CT molecular complexity index is 598. The first-order valence-electron chi connectivity index (χ1n) is 6.89. The first kappa shape index (κ1) is 15.8. The summed E-state index contributed by atoms with van der Waals surface area (Å²) in [6.07, 6.45) is 0.692. The number of hydrogen-bond donors (Lipinski definition) is 1. The van der Waals surface area contributed by atoms with Crippen molar-refractivity contribution < 1.29 is 9.26 Å². The number of rotatable bonds is 6. The Morgan fingerprint density at radius 1 is 1.38 bits per heavy atom. The zero-order chi connectivity index (χ0) is 15.4. The molecule has 6 heteroatoms. The van der Waals surface area contributed by atoms with Crippen molar-refractivity contribution in [2.24, 2.45) is 5.92 Å². The van der Waals surface area contributed by atoms with Gasteiger partial charge in [-0.25, -0.2) is 0 Å². The van der Waals surface area contributed by atoms with Gasteiger partial charge < -0.3 is 14.6 Å². The van der Waals surface area contributed by atoms with E-state index in [2.05, 4.69) is 29.3 Å². The Kier molecular flexibility index (Phi) is 5.20. The normalized spacial score (nSPS) is 12.7. The summed E-state index contributed by atoms with van der Waals surface area (Å²) in [6.45, 7) is 4.31. The van der Waals surface area contributed by atoms with Crippen LogP contribution in [0, 0.1) is 5.92 Å². The molecule has 1 aromatic heterocycles. The second-order valence-electron chi connectivity index (χ2n) is 5.20. The van der Waals surface area contributed by atoms with E-state index in [4.69, 9.17) is 20.9 Å². The van der Waals surface area contributed by atoms with Crippen LogP contribution in [0.3, 0.4) is 0 Å². The van der Waals surface area contributed by atoms with Crippen molar-refractivity contribution in [1.82, 2.24) is 15.5 Å². The molecular formula is C15H20ClN3O2. The summed E-state index contributed by atoms with van der Waals surface area (Å²) in [4.78, 5) is 4.45. The van der Waals surface area contributed by atoms with Crippen molar-refractivity contribution in [1.29, 1.82) is 0 Å². The highest BCUT2D eigenvalue weighted by Crippen LogP contribution is 2.30. The number of nitrogens with one attached hydrogen (secondary N) is 1. The highest BCUT2D eigenvalue weighted by Gasteiger charge is 2.18. The Morgan fingerprint density at radius 2 is 2.14 bits per heavy atom. The van der Waals surface area contributed by atoms with E-state index in [1.807, 2.05) is 13.1 Å². The molecule has 1 N–H and O–H groups in total. The lowest BCUT2D eigenvalue weighted by Gasteiger charge is -2.17. The van der Waals surface area contributed by atoms with Gasteiger partial charge in [0.25, 0.3) is 0 Å². The largest absolute Gasteiger partial charge is 0.496 e. The summed E-state index contributed by atoms with van der Waals surface area (Å²) in [6, 6.07) is 5.64. The SMILES string of the molecule is CNC(Cc1nc(-c2ccc(Cl)cc2OC)no1)C(C)C. The van der Waals surface area contributed by atoms with Crippen LogP contribution < -0.4 is 10.1 Å². The molecule has 1 atom stereocenters. The molecule has 114 valence electrons. The van der Waals surface area contributed by atoms with Gasteiger partial charge in [0.2, 0.25) is 11.7 Å². The van der Waals surface area contributed by atoms with Crippen molar-refractivity contribution in [3.63, 3.8) is 0 Å². The molecular weight excluding hydrogens is 290 g/mol. The molecule has 1 heterocycles. The maximum Gasteiger partial charge on any atom is 0.228 e. The molecule has 0 fully saturated rings. The first-order valence-corrected chi connectivity index (χ1v) is 7.26. The average Bonchev–Trinajstić information content (AvgIpc) is 2.92. The fourth-order valence-electron chi connectivity index (χ4n) is 2.16. The number of aromatic nitrogens is 2. The van der Waals surface area contributed by atoms with Gasteiger partial charge in [-0.2, -0.15) is 4.98 Å². The number of methoxy groups -OCH3 is 1. The Labute approximate surface area is 129 Å². The lowest BCUT2D eigenvalue weighted by atomic mass is 10.0. The number of halogens is 1. The number of hydrogen-bond acceptors (Lipinski definition) is 5. The van der Waals surface area contributed by atoms with E-state index >= 15 is 0 Å². The van der Waals surface area contributed by atoms with Crippen LogP contribution in [0.1, 0.15) is 19.7 Å². The predicted molar refractivity (Wildman–Crippen MR) is 82.7 cm³/mol. The summed E-state index contributed by atoms with van der Waals surface area (Å²) >= 11 is 5.96. The van der Waals surface area contributed by atoms with E-state index in [0.717, 1.165) is 5.56 Å². The third-order valence-corrected chi connectivity index (χ3v) is 3.68. The van der Waals surface area contributed by atoms with Gasteiger partial charge in [-0.15, -0.1) is 0 Å². The zero-order valence-corrected chi connectivity index (χ0v) is 13.4. The fraction of sp³-hybridized carbons (Fsp3) is 0.467. The van der Waals surface area contributed by atoms with Crippen LogP contribution >= 0.6 is 11.6 Å². The molecule has 0 amide bonds. The summed E-state index contributed by atoms with van der Waals surface area (Å²) in [5.74, 6) is 2.23. The summed E-state index contributed by atoms with van der Waals surface area (Å²) in [5.41, 5.74) is 0.766. The zero-order valence-electron chi connectivity index (χ0n) is 12.7. The van der Waals surface area contributed by atoms with Gasteiger partial charge in [-0.05, 0) is 31.2 Å². The maximum absolute atomic E-state index is 5.96. The van der Waals surface area contributed by atoms with Crippen molar-refractivity contribution in [2.75, 3.05) is 14.2 Å². The van der Waals surface area contributed by atoms with E-state index < -0.39 is 0 Å². The topological polar surface area (TPSA) is 60.2 Å². The molecule has 0 bridgehead atoms. The van der Waals surface area contributed by atoms with Crippen LogP contribution in [0.25, 0.3) is 11.4 Å². The highest BCUT2D eigenvalue weighted by molar-refractivity contribution is 6.30. The highest BCUT2D eigenvalue weighted by atomic mass is 35.5. The van der Waals surface area contributed by atoms with Gasteiger partial charge in [0.05, 0.1) is 12.7 Å². The van der Waals surface area contributed by atoms with Crippen molar-refractivity contribution >= 4 is 11.6 Å². The van der Waals surface area contributed by atoms with Gasteiger partial charge in [-0.3, -0.25) is 0 Å². The predicted octanol–water partition coefficient (Wildman–Crippen LogP) is 3.19. The molecule has 0 aliphatic carbocycles. The smallest absolute Gasteiger partial charge is 0.228 e. The average molecular weight is 310 g/mol. The first-order chi connectivity index (χ1) is 10.0. The number of nitrogens with zero attached hydrogens (tertiary/aromatic N) is 2. The van der Waals surface area contributed by atoms with Gasteiger partial charge in [0.1, 0.15) is 5.75 Å². The maximum atomic E-state index is 5.96. The third-order valence-electron chi connectivity index (χ3n) is 3.44. The summed E-state index contributed by atoms with van der Waals surface area (Å²) in [5, 5.41) is 7.90. The fourth-order valence-corrected chi connectivity index (χ4v) is 2.32. The van der Waals surface area contributed by atoms with Crippen LogP contribution in [0.4, 0.5) is 0 Å². The van der Waals surface area contributed by atoms with Gasteiger partial charge >= 0.3 is 0 Å². The molecule has 0 saturated carbocycles. The van der Waals surface area contributed by atoms with Crippen LogP contribution in [-0.2, 0) is 6.42 Å². The van der Waals surface area contributed by atoms with E-state index in [1.165, 1.54) is 0 Å². The minimum absolute atomic E-state index is 0.297. The third kappa shape index (κ3) is 3.74. The lowest BCUT2D eigenvalue weighted by molar-refractivity contribution is 0.335. The monoisotopic (exact) mass is 309 g/mol. The Morgan fingerprint density at radius 3 is 2.76 bits per heavy atom. The molecule has 5 nitrogen and oxygen atoms in total. The van der Waals surface area contributed by atoms with Crippen molar-refractivity contribution in [3.8, 4) is 17.1 Å². The molecule has 0 aliphatic rings. The van der Waals surface area contributed by atoms with Gasteiger partial charge in [0.15, 0.2) is 0 Å². The van der Waals surface area contributed by atoms with Crippen LogP contribution in [0.5, 0.6) is 5.75 Å². The molecule has 2 aromatic rings. The van der Waals surface area contributed by atoms with Crippen LogP contribution in [0.15, 0.2) is 22.7 Å². The minimum atomic E-state index is 0.297. The molecule has 0 saturated heterocycles.